The van der Waals surface area contributed by atoms with Crippen LogP contribution < -0.4 is 15.9 Å². The number of hydrogen-bond acceptors (Lipinski definition) is 2. The molecule has 0 spiro atoms. The smallest absolute Gasteiger partial charge is 0.163 e. The average molecular weight is 411 g/mol. The summed E-state index contributed by atoms with van der Waals surface area (Å²) in [5.41, 5.74) is 4.47. The highest BCUT2D eigenvalue weighted by molar-refractivity contribution is 7.79. The Kier molecular flexibility index (Phi) is 5.88. The predicted octanol–water partition coefficient (Wildman–Crippen LogP) is 6.43. The lowest BCUT2D eigenvalue weighted by Crippen LogP contribution is -2.29. The van der Waals surface area contributed by atoms with Crippen molar-refractivity contribution in [2.45, 2.75) is 19.6 Å². The summed E-state index contributed by atoms with van der Waals surface area (Å²) in [5.74, 6) is -0.270. The normalized spacial score (nSPS) is 12.3. The fourth-order valence-electron chi connectivity index (χ4n) is 3.88. The first-order valence-corrected chi connectivity index (χ1v) is 12.0. The standard InChI is InChI=1S/C27H26NOP/c1-21-12-11-13-23(20-21)26-18-9-10-19-27(26)28-22(2)30(29,24-14-5-3-6-15-24)25-16-7-4-8-17-25/h3-20,22,28H,1-2H3. The Morgan fingerprint density at radius 2 is 1.27 bits per heavy atom. The monoisotopic (exact) mass is 411 g/mol. The molecular formula is C27H26NOP. The largest absolute Gasteiger partial charge is 0.375 e. The second-order valence-corrected chi connectivity index (χ2v) is 10.7. The van der Waals surface area contributed by atoms with Gasteiger partial charge in [0.25, 0.3) is 0 Å². The van der Waals surface area contributed by atoms with E-state index < -0.39 is 7.14 Å². The van der Waals surface area contributed by atoms with Gasteiger partial charge in [-0.05, 0) is 25.5 Å². The van der Waals surface area contributed by atoms with Crippen molar-refractivity contribution in [3.63, 3.8) is 0 Å². The van der Waals surface area contributed by atoms with Crippen molar-refractivity contribution in [3.8, 4) is 11.1 Å². The third-order valence-corrected chi connectivity index (χ3v) is 8.80. The molecule has 0 aliphatic carbocycles. The molecule has 4 aromatic carbocycles. The van der Waals surface area contributed by atoms with Gasteiger partial charge in [0.15, 0.2) is 7.14 Å². The second-order valence-electron chi connectivity index (χ2n) is 7.56. The Hall–Kier alpha value is -3.09. The molecule has 0 aliphatic rings. The van der Waals surface area contributed by atoms with Crippen LogP contribution in [0.5, 0.6) is 0 Å². The van der Waals surface area contributed by atoms with E-state index in [0.717, 1.165) is 27.4 Å². The fraction of sp³-hybridized carbons (Fsp3) is 0.111. The molecule has 0 aromatic heterocycles. The molecule has 3 heteroatoms. The summed E-state index contributed by atoms with van der Waals surface area (Å²) in [6, 6.07) is 36.3. The molecule has 1 atom stereocenters. The minimum absolute atomic E-state index is 0.270. The zero-order valence-electron chi connectivity index (χ0n) is 17.3. The lowest BCUT2D eigenvalue weighted by atomic mass is 10.0. The molecule has 150 valence electrons. The van der Waals surface area contributed by atoms with Gasteiger partial charge in [-0.15, -0.1) is 0 Å². The van der Waals surface area contributed by atoms with Crippen molar-refractivity contribution >= 4 is 23.4 Å². The Labute approximate surface area is 179 Å². The molecule has 0 saturated heterocycles. The molecular weight excluding hydrogens is 385 g/mol. The van der Waals surface area contributed by atoms with Crippen molar-refractivity contribution in [2.24, 2.45) is 0 Å². The van der Waals surface area contributed by atoms with Crippen LogP contribution in [0.15, 0.2) is 109 Å². The zero-order chi connectivity index (χ0) is 21.0. The van der Waals surface area contributed by atoms with Gasteiger partial charge in [0.2, 0.25) is 0 Å². The maximum absolute atomic E-state index is 14.6. The van der Waals surface area contributed by atoms with Crippen LogP contribution in [0.4, 0.5) is 5.69 Å². The molecule has 2 nitrogen and oxygen atoms in total. The number of para-hydroxylation sites is 1. The van der Waals surface area contributed by atoms with Crippen LogP contribution in [0.2, 0.25) is 0 Å². The van der Waals surface area contributed by atoms with E-state index in [0.29, 0.717) is 0 Å². The number of rotatable bonds is 6. The third kappa shape index (κ3) is 3.97. The van der Waals surface area contributed by atoms with Crippen LogP contribution in [0.1, 0.15) is 12.5 Å². The highest BCUT2D eigenvalue weighted by Gasteiger charge is 2.34. The maximum Gasteiger partial charge on any atom is 0.163 e. The molecule has 0 aliphatic heterocycles. The number of aryl methyl sites for hydroxylation is 1. The molecule has 0 fully saturated rings. The van der Waals surface area contributed by atoms with E-state index in [1.807, 2.05) is 79.7 Å². The Balaban J connectivity index is 1.77. The van der Waals surface area contributed by atoms with Gasteiger partial charge in [0.1, 0.15) is 0 Å². The van der Waals surface area contributed by atoms with Gasteiger partial charge >= 0.3 is 0 Å². The zero-order valence-corrected chi connectivity index (χ0v) is 18.2. The summed E-state index contributed by atoms with van der Waals surface area (Å²) in [7, 11) is -2.91. The molecule has 4 rings (SSSR count). The van der Waals surface area contributed by atoms with E-state index in [1.54, 1.807) is 0 Å². The van der Waals surface area contributed by atoms with Gasteiger partial charge in [-0.1, -0.05) is 109 Å². The summed E-state index contributed by atoms with van der Waals surface area (Å²) in [6.45, 7) is 4.12. The summed E-state index contributed by atoms with van der Waals surface area (Å²) < 4.78 is 14.6. The summed E-state index contributed by atoms with van der Waals surface area (Å²) in [6.07, 6.45) is 0. The molecule has 0 radical (unpaired) electrons. The van der Waals surface area contributed by atoms with Crippen LogP contribution >= 0.6 is 7.14 Å². The minimum Gasteiger partial charge on any atom is -0.375 e. The Morgan fingerprint density at radius 1 is 0.700 bits per heavy atom. The topological polar surface area (TPSA) is 29.1 Å². The van der Waals surface area contributed by atoms with Crippen molar-refractivity contribution in [1.82, 2.24) is 0 Å². The first kappa shape index (κ1) is 20.2. The first-order chi connectivity index (χ1) is 14.6. The number of benzene rings is 4. The molecule has 0 amide bonds. The van der Waals surface area contributed by atoms with Crippen molar-refractivity contribution < 1.29 is 4.57 Å². The summed E-state index contributed by atoms with van der Waals surface area (Å²) in [5, 5.41) is 5.33. The Bertz CT molecular complexity index is 1130. The number of nitrogens with one attached hydrogen (secondary N) is 1. The highest BCUT2D eigenvalue weighted by atomic mass is 31.2. The van der Waals surface area contributed by atoms with Gasteiger partial charge in [0, 0.05) is 21.9 Å². The van der Waals surface area contributed by atoms with Crippen molar-refractivity contribution in [3.05, 3.63) is 115 Å². The van der Waals surface area contributed by atoms with Crippen LogP contribution in [0, 0.1) is 6.92 Å². The van der Waals surface area contributed by atoms with Gasteiger partial charge in [-0.25, -0.2) is 0 Å². The maximum atomic E-state index is 14.6. The first-order valence-electron chi connectivity index (χ1n) is 10.2. The lowest BCUT2D eigenvalue weighted by Gasteiger charge is -2.28. The fourth-order valence-corrected chi connectivity index (χ4v) is 6.63. The summed E-state index contributed by atoms with van der Waals surface area (Å²) in [4.78, 5) is 0. The minimum atomic E-state index is -2.91. The predicted molar refractivity (Wildman–Crippen MR) is 129 cm³/mol. The van der Waals surface area contributed by atoms with E-state index in [1.165, 1.54) is 5.56 Å². The van der Waals surface area contributed by atoms with E-state index >= 15 is 0 Å². The van der Waals surface area contributed by atoms with Crippen LogP contribution in [-0.4, -0.2) is 5.78 Å². The molecule has 1 unspecified atom stereocenters. The van der Waals surface area contributed by atoms with Crippen LogP contribution in [0.25, 0.3) is 11.1 Å². The average Bonchev–Trinajstić information content (AvgIpc) is 2.80. The molecule has 4 aromatic rings. The van der Waals surface area contributed by atoms with Crippen LogP contribution in [0.3, 0.4) is 0 Å². The van der Waals surface area contributed by atoms with Gasteiger partial charge in [0.05, 0.1) is 5.78 Å². The summed E-state index contributed by atoms with van der Waals surface area (Å²) >= 11 is 0. The Morgan fingerprint density at radius 3 is 1.87 bits per heavy atom. The van der Waals surface area contributed by atoms with E-state index in [9.17, 15) is 4.57 Å². The molecule has 0 saturated carbocycles. The van der Waals surface area contributed by atoms with Crippen molar-refractivity contribution in [1.29, 1.82) is 0 Å². The quantitative estimate of drug-likeness (QED) is 0.370. The van der Waals surface area contributed by atoms with E-state index in [2.05, 4.69) is 48.6 Å². The second kappa shape index (κ2) is 8.73. The SMILES string of the molecule is Cc1cccc(-c2ccccc2NC(C)P(=O)(c2ccccc2)c2ccccc2)c1. The lowest BCUT2D eigenvalue weighted by molar-refractivity contribution is 0.582. The van der Waals surface area contributed by atoms with Gasteiger partial charge < -0.3 is 9.88 Å². The molecule has 0 heterocycles. The highest BCUT2D eigenvalue weighted by Crippen LogP contribution is 2.49. The molecule has 30 heavy (non-hydrogen) atoms. The molecule has 1 N–H and O–H groups in total. The number of hydrogen-bond donors (Lipinski definition) is 1. The number of anilines is 1. The van der Waals surface area contributed by atoms with Gasteiger partial charge in [-0.3, -0.25) is 0 Å². The van der Waals surface area contributed by atoms with Crippen molar-refractivity contribution in [2.75, 3.05) is 5.32 Å². The van der Waals surface area contributed by atoms with E-state index in [-0.39, 0.29) is 5.78 Å². The molecule has 0 bridgehead atoms. The van der Waals surface area contributed by atoms with E-state index in [4.69, 9.17) is 0 Å². The third-order valence-electron chi connectivity index (χ3n) is 5.45. The van der Waals surface area contributed by atoms with Crippen LogP contribution in [-0.2, 0) is 4.57 Å². The van der Waals surface area contributed by atoms with Gasteiger partial charge in [-0.2, -0.15) is 0 Å².